The molecule has 1 aliphatic carbocycles. The lowest BCUT2D eigenvalue weighted by molar-refractivity contribution is 0.0898. The van der Waals surface area contributed by atoms with Crippen molar-refractivity contribution >= 4 is 17.4 Å². The van der Waals surface area contributed by atoms with Gasteiger partial charge in [0.1, 0.15) is 6.07 Å². The lowest BCUT2D eigenvalue weighted by Crippen LogP contribution is -2.31. The van der Waals surface area contributed by atoms with Crippen molar-refractivity contribution in [1.29, 1.82) is 5.26 Å². The van der Waals surface area contributed by atoms with E-state index in [1.54, 1.807) is 11.8 Å². The van der Waals surface area contributed by atoms with Gasteiger partial charge in [0, 0.05) is 11.5 Å². The van der Waals surface area contributed by atoms with Gasteiger partial charge in [-0.05, 0) is 43.6 Å². The highest BCUT2D eigenvalue weighted by Gasteiger charge is 2.40. The number of rotatable bonds is 4. The maximum atomic E-state index is 9.36. The first-order valence-electron chi connectivity index (χ1n) is 6.78. The molecule has 3 rings (SSSR count). The molecule has 1 saturated carbocycles. The van der Waals surface area contributed by atoms with Gasteiger partial charge in [0.25, 0.3) is 0 Å². The first-order valence-corrected chi connectivity index (χ1v) is 8.01. The normalized spacial score (nSPS) is 26.1. The van der Waals surface area contributed by atoms with Gasteiger partial charge in [-0.1, -0.05) is 6.07 Å². The molecule has 1 saturated heterocycles. The van der Waals surface area contributed by atoms with Crippen molar-refractivity contribution in [2.45, 2.75) is 36.3 Å². The summed E-state index contributed by atoms with van der Waals surface area (Å²) < 4.78 is 5.84. The molecule has 1 N–H and O–H groups in total. The molecule has 2 fully saturated rings. The zero-order valence-corrected chi connectivity index (χ0v) is 11.9. The van der Waals surface area contributed by atoms with Gasteiger partial charge >= 0.3 is 0 Å². The van der Waals surface area contributed by atoms with Crippen LogP contribution in [0.5, 0.6) is 0 Å². The third-order valence-electron chi connectivity index (χ3n) is 3.92. The van der Waals surface area contributed by atoms with E-state index in [-0.39, 0.29) is 0 Å². The average Bonchev–Trinajstić information content (AvgIpc) is 3.19. The summed E-state index contributed by atoms with van der Waals surface area (Å²) in [4.78, 5) is 1.04. The van der Waals surface area contributed by atoms with E-state index in [0.717, 1.165) is 35.1 Å². The Labute approximate surface area is 118 Å². The van der Waals surface area contributed by atoms with Crippen LogP contribution in [0.4, 0.5) is 5.69 Å². The molecule has 0 bridgehead atoms. The van der Waals surface area contributed by atoms with Crippen LogP contribution in [0.25, 0.3) is 0 Å². The molecule has 0 aromatic heterocycles. The summed E-state index contributed by atoms with van der Waals surface area (Å²) in [6.45, 7) is 0.836. The van der Waals surface area contributed by atoms with Gasteiger partial charge in [-0.25, -0.2) is 0 Å². The maximum absolute atomic E-state index is 9.36. The fourth-order valence-corrected chi connectivity index (χ4v) is 3.37. The summed E-state index contributed by atoms with van der Waals surface area (Å²) in [5, 5.41) is 12.9. The van der Waals surface area contributed by atoms with E-state index in [0.29, 0.717) is 12.1 Å². The van der Waals surface area contributed by atoms with E-state index in [1.807, 2.05) is 24.5 Å². The second kappa shape index (κ2) is 5.44. The highest BCUT2D eigenvalue weighted by atomic mass is 32.2. The molecule has 19 heavy (non-hydrogen) atoms. The smallest absolute Gasteiger partial charge is 0.102 e. The average molecular weight is 274 g/mol. The number of nitrogens with zero attached hydrogens (tertiary/aromatic N) is 1. The third kappa shape index (κ3) is 2.58. The monoisotopic (exact) mass is 274 g/mol. The Hall–Kier alpha value is -1.18. The number of hydrogen-bond donors (Lipinski definition) is 1. The quantitative estimate of drug-likeness (QED) is 0.856. The van der Waals surface area contributed by atoms with Gasteiger partial charge in [-0.3, -0.25) is 0 Å². The highest BCUT2D eigenvalue weighted by molar-refractivity contribution is 7.98. The Morgan fingerprint density at radius 3 is 2.89 bits per heavy atom. The first kappa shape index (κ1) is 12.8. The van der Waals surface area contributed by atoms with Gasteiger partial charge in [-0.15, -0.1) is 11.8 Å². The number of anilines is 1. The van der Waals surface area contributed by atoms with Gasteiger partial charge in [-0.2, -0.15) is 5.26 Å². The zero-order valence-electron chi connectivity index (χ0n) is 11.1. The third-order valence-corrected chi connectivity index (χ3v) is 4.70. The minimum atomic E-state index is 0.337. The molecule has 0 amide bonds. The predicted molar refractivity (Wildman–Crippen MR) is 77.4 cm³/mol. The number of ether oxygens (including phenoxy) is 1. The van der Waals surface area contributed by atoms with Crippen LogP contribution in [0, 0.1) is 17.2 Å². The van der Waals surface area contributed by atoms with Crippen molar-refractivity contribution in [3.63, 3.8) is 0 Å². The molecule has 1 aromatic rings. The van der Waals surface area contributed by atoms with Gasteiger partial charge in [0.15, 0.2) is 0 Å². The van der Waals surface area contributed by atoms with Crippen LogP contribution in [-0.2, 0) is 4.74 Å². The van der Waals surface area contributed by atoms with Gasteiger partial charge < -0.3 is 10.1 Å². The molecule has 4 heteroatoms. The van der Waals surface area contributed by atoms with Crippen LogP contribution in [0.1, 0.15) is 24.8 Å². The molecule has 1 aromatic carbocycles. The van der Waals surface area contributed by atoms with Crippen LogP contribution in [-0.4, -0.2) is 25.0 Å². The molecule has 0 spiro atoms. The number of hydrogen-bond acceptors (Lipinski definition) is 4. The van der Waals surface area contributed by atoms with Crippen LogP contribution >= 0.6 is 11.8 Å². The molecular weight excluding hydrogens is 256 g/mol. The predicted octanol–water partition coefficient (Wildman–Crippen LogP) is 3.26. The summed E-state index contributed by atoms with van der Waals surface area (Å²) >= 11 is 1.62. The van der Waals surface area contributed by atoms with Crippen molar-refractivity contribution in [2.24, 2.45) is 5.92 Å². The van der Waals surface area contributed by atoms with E-state index in [4.69, 9.17) is 4.74 Å². The fraction of sp³-hybridized carbons (Fsp3) is 0.533. The lowest BCUT2D eigenvalue weighted by Gasteiger charge is -2.21. The standard InChI is InChI=1S/C15H18N2OS/c1-19-14-4-2-3-12(11(14)9-16)17-13-7-8-18-15(13)10-5-6-10/h2-4,10,13,15,17H,5-8H2,1H3. The molecule has 1 aliphatic heterocycles. The largest absolute Gasteiger partial charge is 0.378 e. The summed E-state index contributed by atoms with van der Waals surface area (Å²) in [7, 11) is 0. The Morgan fingerprint density at radius 2 is 2.21 bits per heavy atom. The minimum absolute atomic E-state index is 0.337. The summed E-state index contributed by atoms with van der Waals surface area (Å²) in [6, 6.07) is 8.69. The molecular formula is C15H18N2OS. The highest BCUT2D eigenvalue weighted by Crippen LogP contribution is 2.40. The van der Waals surface area contributed by atoms with Crippen LogP contribution < -0.4 is 5.32 Å². The summed E-state index contributed by atoms with van der Waals surface area (Å²) in [6.07, 6.45) is 5.96. The molecule has 100 valence electrons. The first-order chi connectivity index (χ1) is 9.33. The van der Waals surface area contributed by atoms with Crippen molar-refractivity contribution in [1.82, 2.24) is 0 Å². The van der Waals surface area contributed by atoms with E-state index >= 15 is 0 Å². The van der Waals surface area contributed by atoms with Crippen molar-refractivity contribution < 1.29 is 4.74 Å². The maximum Gasteiger partial charge on any atom is 0.102 e. The second-order valence-corrected chi connectivity index (χ2v) is 6.06. The van der Waals surface area contributed by atoms with Crippen LogP contribution in [0.3, 0.4) is 0 Å². The van der Waals surface area contributed by atoms with Crippen molar-refractivity contribution in [2.75, 3.05) is 18.2 Å². The SMILES string of the molecule is CSc1cccc(NC2CCOC2C2CC2)c1C#N. The Bertz CT molecular complexity index is 507. The Morgan fingerprint density at radius 1 is 1.37 bits per heavy atom. The number of benzene rings is 1. The van der Waals surface area contributed by atoms with Crippen molar-refractivity contribution in [3.8, 4) is 6.07 Å². The molecule has 2 atom stereocenters. The van der Waals surface area contributed by atoms with E-state index in [9.17, 15) is 5.26 Å². The number of thioether (sulfide) groups is 1. The Kier molecular flexibility index (Phi) is 3.67. The number of nitriles is 1. The summed E-state index contributed by atoms with van der Waals surface area (Å²) in [5.74, 6) is 0.731. The minimum Gasteiger partial charge on any atom is -0.378 e. The van der Waals surface area contributed by atoms with Crippen LogP contribution in [0.15, 0.2) is 23.1 Å². The summed E-state index contributed by atoms with van der Waals surface area (Å²) in [5.41, 5.74) is 1.71. The zero-order chi connectivity index (χ0) is 13.2. The van der Waals surface area contributed by atoms with Crippen LogP contribution in [0.2, 0.25) is 0 Å². The molecule has 2 aliphatic rings. The number of nitrogens with one attached hydrogen (secondary N) is 1. The molecule has 3 nitrogen and oxygen atoms in total. The molecule has 1 heterocycles. The van der Waals surface area contributed by atoms with E-state index in [1.165, 1.54) is 12.8 Å². The molecule has 2 unspecified atom stereocenters. The van der Waals surface area contributed by atoms with E-state index < -0.39 is 0 Å². The van der Waals surface area contributed by atoms with Gasteiger partial charge in [0.05, 0.1) is 23.4 Å². The Balaban J connectivity index is 1.81. The van der Waals surface area contributed by atoms with E-state index in [2.05, 4.69) is 11.4 Å². The molecule has 0 radical (unpaired) electrons. The lowest BCUT2D eigenvalue weighted by atomic mass is 10.0. The fourth-order valence-electron chi connectivity index (χ4n) is 2.79. The van der Waals surface area contributed by atoms with Gasteiger partial charge in [0.2, 0.25) is 0 Å². The second-order valence-electron chi connectivity index (χ2n) is 5.21. The van der Waals surface area contributed by atoms with Crippen molar-refractivity contribution in [3.05, 3.63) is 23.8 Å². The topological polar surface area (TPSA) is 45.0 Å².